The second kappa shape index (κ2) is 6.32. The Balaban J connectivity index is 1.76. The monoisotopic (exact) mass is 330 g/mol. The van der Waals surface area contributed by atoms with Gasteiger partial charge in [0.05, 0.1) is 5.56 Å². The average molecular weight is 330 g/mol. The molecule has 0 unspecified atom stereocenters. The van der Waals surface area contributed by atoms with Crippen LogP contribution in [0.15, 0.2) is 72.8 Å². The molecule has 1 aromatic heterocycles. The second-order valence-electron chi connectivity index (χ2n) is 6.17. The second-order valence-corrected chi connectivity index (χ2v) is 6.17. The van der Waals surface area contributed by atoms with Gasteiger partial charge in [0.15, 0.2) is 12.1 Å². The fraction of sp³-hybridized carbons (Fsp3) is 0.0952. The first-order valence-electron chi connectivity index (χ1n) is 8.28. The van der Waals surface area contributed by atoms with Crippen LogP contribution in [-0.4, -0.2) is 4.98 Å². The van der Waals surface area contributed by atoms with Crippen molar-refractivity contribution >= 4 is 16.7 Å². The molecule has 0 spiro atoms. The third kappa shape index (κ3) is 3.06. The predicted octanol–water partition coefficient (Wildman–Crippen LogP) is 3.64. The molecule has 1 heterocycles. The van der Waals surface area contributed by atoms with Gasteiger partial charge in [-0.2, -0.15) is 0 Å². The number of aryl methyl sites for hydroxylation is 1. The van der Waals surface area contributed by atoms with Gasteiger partial charge in [0.2, 0.25) is 5.52 Å². The summed E-state index contributed by atoms with van der Waals surface area (Å²) < 4.78 is 1.83. The Morgan fingerprint density at radius 1 is 0.960 bits per heavy atom. The Hall–Kier alpha value is -3.27. The summed E-state index contributed by atoms with van der Waals surface area (Å²) in [5, 5.41) is 0. The van der Waals surface area contributed by atoms with Crippen LogP contribution in [0, 0.1) is 6.92 Å². The molecule has 0 atom stereocenters. The fourth-order valence-corrected chi connectivity index (χ4v) is 2.86. The maximum Gasteiger partial charge on any atom is 0.327 e. The number of nitrogens with zero attached hydrogens (tertiary/aromatic N) is 1. The average Bonchev–Trinajstić information content (AvgIpc) is 3.00. The quantitative estimate of drug-likeness (QED) is 0.443. The number of aromatic nitrogens is 2. The van der Waals surface area contributed by atoms with E-state index < -0.39 is 0 Å². The molecule has 4 heteroatoms. The number of hydrogen-bond donors (Lipinski definition) is 2. The molecule has 0 radical (unpaired) electrons. The van der Waals surface area contributed by atoms with Crippen LogP contribution in [0.2, 0.25) is 0 Å². The molecule has 0 fully saturated rings. The number of benzene rings is 3. The minimum atomic E-state index is 0.479. The van der Waals surface area contributed by atoms with Gasteiger partial charge in [-0.3, -0.25) is 0 Å². The summed E-state index contributed by atoms with van der Waals surface area (Å²) in [5.41, 5.74) is 12.0. The number of anilines is 1. The topological polar surface area (TPSA) is 54.9 Å². The van der Waals surface area contributed by atoms with Gasteiger partial charge < -0.3 is 10.6 Å². The third-order valence-corrected chi connectivity index (χ3v) is 4.22. The molecule has 4 aromatic rings. The van der Waals surface area contributed by atoms with Gasteiger partial charge in [0.1, 0.15) is 0 Å². The summed E-state index contributed by atoms with van der Waals surface area (Å²) in [6.45, 7) is 2.56. The van der Waals surface area contributed by atoms with E-state index in [1.807, 2.05) is 41.1 Å². The Labute approximate surface area is 146 Å². The molecule has 0 bridgehead atoms. The van der Waals surface area contributed by atoms with Gasteiger partial charge in [-0.15, -0.1) is 0 Å². The number of hydrogen-bond acceptors (Lipinski definition) is 2. The van der Waals surface area contributed by atoms with Gasteiger partial charge in [0, 0.05) is 11.8 Å². The van der Waals surface area contributed by atoms with E-state index in [1.54, 1.807) is 0 Å². The lowest BCUT2D eigenvalue weighted by atomic mass is 10.2. The highest BCUT2D eigenvalue weighted by Gasteiger charge is 2.22. The summed E-state index contributed by atoms with van der Waals surface area (Å²) in [4.78, 5) is 9.59. The van der Waals surface area contributed by atoms with Crippen LogP contribution < -0.4 is 15.3 Å². The minimum absolute atomic E-state index is 0.479. The maximum atomic E-state index is 6.16. The van der Waals surface area contributed by atoms with E-state index in [-0.39, 0.29) is 0 Å². The molecular formula is C21H20N3O+. The number of H-pyrrole nitrogens is 1. The number of aromatic amines is 1. The summed E-state index contributed by atoms with van der Waals surface area (Å²) in [7, 11) is 0. The molecule has 0 aliphatic heterocycles. The van der Waals surface area contributed by atoms with Gasteiger partial charge in [-0.1, -0.05) is 48.0 Å². The van der Waals surface area contributed by atoms with Crippen molar-refractivity contribution in [3.05, 3.63) is 83.9 Å². The summed E-state index contributed by atoms with van der Waals surface area (Å²) in [5.74, 6) is 0.897. The molecule has 3 N–H and O–H groups in total. The zero-order chi connectivity index (χ0) is 17.2. The molecule has 0 saturated carbocycles. The number of imidazole rings is 1. The van der Waals surface area contributed by atoms with E-state index in [0.29, 0.717) is 12.3 Å². The Morgan fingerprint density at radius 2 is 1.72 bits per heavy atom. The summed E-state index contributed by atoms with van der Waals surface area (Å²) in [6.07, 6.45) is 0. The van der Waals surface area contributed by atoms with E-state index in [4.69, 9.17) is 10.6 Å². The number of nitrogens with one attached hydrogen (secondary N) is 1. The number of rotatable bonds is 4. The highest BCUT2D eigenvalue weighted by molar-refractivity contribution is 5.78. The van der Waals surface area contributed by atoms with Crippen molar-refractivity contribution in [2.75, 3.05) is 5.73 Å². The van der Waals surface area contributed by atoms with Gasteiger partial charge in [-0.05, 0) is 41.5 Å². The van der Waals surface area contributed by atoms with Crippen molar-refractivity contribution in [2.24, 2.45) is 0 Å². The molecule has 3 aromatic carbocycles. The molecule has 4 nitrogen and oxygen atoms in total. The SMILES string of the molecule is Cc1ccc(CO[n+]2c(-c3ccccc3)[nH]c3ccc(N)cc32)cc1. The molecule has 124 valence electrons. The fourth-order valence-electron chi connectivity index (χ4n) is 2.86. The zero-order valence-corrected chi connectivity index (χ0v) is 14.1. The van der Waals surface area contributed by atoms with E-state index >= 15 is 0 Å². The highest BCUT2D eigenvalue weighted by Crippen LogP contribution is 2.20. The Morgan fingerprint density at radius 3 is 2.48 bits per heavy atom. The number of nitrogen functional groups attached to an aromatic ring is 1. The number of fused-ring (bicyclic) bond motifs is 1. The van der Waals surface area contributed by atoms with Crippen LogP contribution in [0.3, 0.4) is 0 Å². The third-order valence-electron chi connectivity index (χ3n) is 4.22. The van der Waals surface area contributed by atoms with Crippen molar-refractivity contribution in [2.45, 2.75) is 13.5 Å². The molecule has 0 aliphatic rings. The van der Waals surface area contributed by atoms with Gasteiger partial charge in [0.25, 0.3) is 0 Å². The lowest BCUT2D eigenvalue weighted by Crippen LogP contribution is -2.43. The highest BCUT2D eigenvalue weighted by atomic mass is 16.7. The van der Waals surface area contributed by atoms with Crippen LogP contribution in [0.25, 0.3) is 22.4 Å². The molecule has 0 amide bonds. The summed E-state index contributed by atoms with van der Waals surface area (Å²) >= 11 is 0. The van der Waals surface area contributed by atoms with E-state index in [9.17, 15) is 0 Å². The Bertz CT molecular complexity index is 1000. The first-order chi connectivity index (χ1) is 12.2. The van der Waals surface area contributed by atoms with Crippen molar-refractivity contribution < 1.29 is 9.57 Å². The van der Waals surface area contributed by atoms with Crippen molar-refractivity contribution in [1.29, 1.82) is 0 Å². The molecule has 0 aliphatic carbocycles. The lowest BCUT2D eigenvalue weighted by molar-refractivity contribution is -0.866. The van der Waals surface area contributed by atoms with Crippen LogP contribution >= 0.6 is 0 Å². The molecule has 25 heavy (non-hydrogen) atoms. The van der Waals surface area contributed by atoms with Crippen LogP contribution in [-0.2, 0) is 6.61 Å². The van der Waals surface area contributed by atoms with Crippen LogP contribution in [0.4, 0.5) is 5.69 Å². The normalized spacial score (nSPS) is 10.9. The van der Waals surface area contributed by atoms with E-state index in [1.165, 1.54) is 5.56 Å². The first-order valence-corrected chi connectivity index (χ1v) is 8.28. The Kier molecular flexibility index (Phi) is 3.86. The standard InChI is InChI=1S/C21H19N3O/c1-15-7-9-16(10-8-15)14-25-24-20-13-18(22)11-12-19(20)23-21(24)17-5-3-2-4-6-17/h2-13H,14,22H2,1H3/p+1. The van der Waals surface area contributed by atoms with Crippen LogP contribution in [0.5, 0.6) is 0 Å². The first kappa shape index (κ1) is 15.3. The van der Waals surface area contributed by atoms with E-state index in [0.717, 1.165) is 28.0 Å². The maximum absolute atomic E-state index is 6.16. The molecular weight excluding hydrogens is 310 g/mol. The lowest BCUT2D eigenvalue weighted by Gasteiger charge is -2.05. The number of nitrogens with two attached hydrogens (primary N) is 1. The minimum Gasteiger partial charge on any atom is -0.399 e. The summed E-state index contributed by atoms with van der Waals surface area (Å²) in [6, 6.07) is 24.3. The molecule has 0 saturated heterocycles. The largest absolute Gasteiger partial charge is 0.399 e. The smallest absolute Gasteiger partial charge is 0.327 e. The zero-order valence-electron chi connectivity index (χ0n) is 14.1. The van der Waals surface area contributed by atoms with Crippen molar-refractivity contribution in [3.8, 4) is 11.4 Å². The van der Waals surface area contributed by atoms with Crippen molar-refractivity contribution in [1.82, 2.24) is 4.98 Å². The van der Waals surface area contributed by atoms with E-state index in [2.05, 4.69) is 48.3 Å². The van der Waals surface area contributed by atoms with Crippen molar-refractivity contribution in [3.63, 3.8) is 0 Å². The molecule has 4 rings (SSSR count). The van der Waals surface area contributed by atoms with Gasteiger partial charge in [-0.25, -0.2) is 4.98 Å². The van der Waals surface area contributed by atoms with Crippen LogP contribution in [0.1, 0.15) is 11.1 Å². The predicted molar refractivity (Wildman–Crippen MR) is 99.8 cm³/mol. The van der Waals surface area contributed by atoms with Gasteiger partial charge >= 0.3 is 5.82 Å².